The van der Waals surface area contributed by atoms with E-state index in [2.05, 4.69) is 15.2 Å². The Hall–Kier alpha value is -1.17. The molecule has 1 aromatic heterocycles. The fourth-order valence-electron chi connectivity index (χ4n) is 1.71. The van der Waals surface area contributed by atoms with Gasteiger partial charge in [0.05, 0.1) is 18.9 Å². The summed E-state index contributed by atoms with van der Waals surface area (Å²) in [4.78, 5) is 6.64. The molecule has 1 rings (SSSR count). The lowest BCUT2D eigenvalue weighted by molar-refractivity contribution is 0.126. The van der Waals surface area contributed by atoms with Crippen molar-refractivity contribution in [2.45, 2.75) is 13.5 Å². The lowest BCUT2D eigenvalue weighted by Gasteiger charge is -2.20. The van der Waals surface area contributed by atoms with Gasteiger partial charge >= 0.3 is 0 Å². The van der Waals surface area contributed by atoms with Crippen LogP contribution in [0.3, 0.4) is 0 Å². The summed E-state index contributed by atoms with van der Waals surface area (Å²) in [5.74, 6) is 0.894. The van der Waals surface area contributed by atoms with Gasteiger partial charge in [0.2, 0.25) is 0 Å². The SMILES string of the molecule is CCNc1cccc(CN(CCO)CCOC)n1. The summed E-state index contributed by atoms with van der Waals surface area (Å²) in [7, 11) is 1.68. The quantitative estimate of drug-likeness (QED) is 0.686. The molecule has 0 fully saturated rings. The Labute approximate surface area is 109 Å². The van der Waals surface area contributed by atoms with Gasteiger partial charge in [0.25, 0.3) is 0 Å². The average Bonchev–Trinajstić information content (AvgIpc) is 2.37. The predicted octanol–water partition coefficient (Wildman–Crippen LogP) is 0.954. The number of anilines is 1. The first-order valence-corrected chi connectivity index (χ1v) is 6.32. The smallest absolute Gasteiger partial charge is 0.126 e. The standard InChI is InChI=1S/C13H23N3O2/c1-3-14-13-6-4-5-12(15-13)11-16(7-9-17)8-10-18-2/h4-6,17H,3,7-11H2,1-2H3,(H,14,15). The van der Waals surface area contributed by atoms with Gasteiger partial charge in [-0.3, -0.25) is 4.90 Å². The molecule has 0 unspecified atom stereocenters. The van der Waals surface area contributed by atoms with E-state index in [1.807, 2.05) is 25.1 Å². The molecular formula is C13H23N3O2. The minimum Gasteiger partial charge on any atom is -0.395 e. The summed E-state index contributed by atoms with van der Waals surface area (Å²) in [5, 5.41) is 12.2. The molecule has 0 amide bonds. The summed E-state index contributed by atoms with van der Waals surface area (Å²) in [6, 6.07) is 5.95. The Morgan fingerprint density at radius 2 is 2.22 bits per heavy atom. The number of methoxy groups -OCH3 is 1. The van der Waals surface area contributed by atoms with Crippen molar-refractivity contribution in [1.82, 2.24) is 9.88 Å². The number of rotatable bonds is 9. The number of nitrogens with zero attached hydrogens (tertiary/aromatic N) is 2. The molecule has 0 bridgehead atoms. The van der Waals surface area contributed by atoms with Crippen LogP contribution in [-0.2, 0) is 11.3 Å². The van der Waals surface area contributed by atoms with Crippen molar-refractivity contribution in [2.75, 3.05) is 45.3 Å². The van der Waals surface area contributed by atoms with Gasteiger partial charge < -0.3 is 15.2 Å². The van der Waals surface area contributed by atoms with Gasteiger partial charge in [-0.1, -0.05) is 6.07 Å². The van der Waals surface area contributed by atoms with Crippen LogP contribution in [-0.4, -0.2) is 54.9 Å². The normalized spacial score (nSPS) is 10.9. The number of pyridine rings is 1. The molecule has 0 atom stereocenters. The van der Waals surface area contributed by atoms with Crippen LogP contribution in [0, 0.1) is 0 Å². The molecule has 0 aliphatic heterocycles. The van der Waals surface area contributed by atoms with Gasteiger partial charge in [-0.05, 0) is 19.1 Å². The minimum atomic E-state index is 0.149. The zero-order chi connectivity index (χ0) is 13.2. The lowest BCUT2D eigenvalue weighted by atomic mass is 10.3. The van der Waals surface area contributed by atoms with Crippen molar-refractivity contribution in [3.8, 4) is 0 Å². The van der Waals surface area contributed by atoms with Crippen molar-refractivity contribution in [1.29, 1.82) is 0 Å². The molecule has 18 heavy (non-hydrogen) atoms. The van der Waals surface area contributed by atoms with E-state index in [0.29, 0.717) is 13.2 Å². The van der Waals surface area contributed by atoms with Gasteiger partial charge in [0, 0.05) is 33.3 Å². The predicted molar refractivity (Wildman–Crippen MR) is 72.6 cm³/mol. The second kappa shape index (κ2) is 8.85. The van der Waals surface area contributed by atoms with Crippen molar-refractivity contribution < 1.29 is 9.84 Å². The van der Waals surface area contributed by atoms with Crippen LogP contribution < -0.4 is 5.32 Å². The third-order valence-electron chi connectivity index (χ3n) is 2.58. The van der Waals surface area contributed by atoms with E-state index < -0.39 is 0 Å². The van der Waals surface area contributed by atoms with E-state index in [4.69, 9.17) is 9.84 Å². The summed E-state index contributed by atoms with van der Waals surface area (Å²) < 4.78 is 5.06. The highest BCUT2D eigenvalue weighted by Gasteiger charge is 2.06. The van der Waals surface area contributed by atoms with E-state index in [1.165, 1.54) is 0 Å². The number of aliphatic hydroxyl groups is 1. The molecule has 0 saturated carbocycles. The summed E-state index contributed by atoms with van der Waals surface area (Å²) in [6.07, 6.45) is 0. The van der Waals surface area contributed by atoms with Crippen LogP contribution >= 0.6 is 0 Å². The van der Waals surface area contributed by atoms with Crippen LogP contribution in [0.5, 0.6) is 0 Å². The van der Waals surface area contributed by atoms with Crippen LogP contribution in [0.15, 0.2) is 18.2 Å². The molecule has 0 aromatic carbocycles. The van der Waals surface area contributed by atoms with Crippen LogP contribution in [0.25, 0.3) is 0 Å². The first kappa shape index (κ1) is 14.9. The van der Waals surface area contributed by atoms with Gasteiger partial charge in [-0.15, -0.1) is 0 Å². The second-order valence-corrected chi connectivity index (χ2v) is 4.04. The number of aliphatic hydroxyl groups excluding tert-OH is 1. The topological polar surface area (TPSA) is 57.6 Å². The molecule has 102 valence electrons. The summed E-state index contributed by atoms with van der Waals surface area (Å²) >= 11 is 0. The van der Waals surface area contributed by atoms with E-state index in [0.717, 1.165) is 31.1 Å². The monoisotopic (exact) mass is 253 g/mol. The summed E-state index contributed by atoms with van der Waals surface area (Å²) in [6.45, 7) is 5.87. The van der Waals surface area contributed by atoms with Crippen LogP contribution in [0.1, 0.15) is 12.6 Å². The molecule has 0 aliphatic carbocycles. The Balaban J connectivity index is 2.58. The fraction of sp³-hybridized carbons (Fsp3) is 0.615. The molecule has 2 N–H and O–H groups in total. The molecule has 0 saturated heterocycles. The zero-order valence-corrected chi connectivity index (χ0v) is 11.2. The van der Waals surface area contributed by atoms with Gasteiger partial charge in [0.1, 0.15) is 5.82 Å². The first-order valence-electron chi connectivity index (χ1n) is 6.32. The average molecular weight is 253 g/mol. The number of hydrogen-bond acceptors (Lipinski definition) is 5. The fourth-order valence-corrected chi connectivity index (χ4v) is 1.71. The molecule has 0 spiro atoms. The third-order valence-corrected chi connectivity index (χ3v) is 2.58. The van der Waals surface area contributed by atoms with E-state index in [1.54, 1.807) is 7.11 Å². The highest BCUT2D eigenvalue weighted by Crippen LogP contribution is 2.07. The first-order chi connectivity index (χ1) is 8.80. The molecule has 0 aliphatic rings. The third kappa shape index (κ3) is 5.44. The number of aromatic nitrogens is 1. The Morgan fingerprint density at radius 3 is 2.89 bits per heavy atom. The minimum absolute atomic E-state index is 0.149. The van der Waals surface area contributed by atoms with Crippen molar-refractivity contribution in [3.05, 3.63) is 23.9 Å². The van der Waals surface area contributed by atoms with Crippen molar-refractivity contribution >= 4 is 5.82 Å². The second-order valence-electron chi connectivity index (χ2n) is 4.04. The highest BCUT2D eigenvalue weighted by atomic mass is 16.5. The van der Waals surface area contributed by atoms with Gasteiger partial charge in [-0.2, -0.15) is 0 Å². The van der Waals surface area contributed by atoms with Crippen molar-refractivity contribution in [3.63, 3.8) is 0 Å². The summed E-state index contributed by atoms with van der Waals surface area (Å²) in [5.41, 5.74) is 0.998. The van der Waals surface area contributed by atoms with Gasteiger partial charge in [0.15, 0.2) is 0 Å². The lowest BCUT2D eigenvalue weighted by Crippen LogP contribution is -2.30. The van der Waals surface area contributed by atoms with E-state index >= 15 is 0 Å². The highest BCUT2D eigenvalue weighted by molar-refractivity contribution is 5.34. The Morgan fingerprint density at radius 1 is 1.39 bits per heavy atom. The molecule has 5 nitrogen and oxygen atoms in total. The maximum absolute atomic E-state index is 9.04. The zero-order valence-electron chi connectivity index (χ0n) is 11.2. The largest absolute Gasteiger partial charge is 0.395 e. The van der Waals surface area contributed by atoms with Crippen LogP contribution in [0.4, 0.5) is 5.82 Å². The van der Waals surface area contributed by atoms with E-state index in [-0.39, 0.29) is 6.61 Å². The maximum atomic E-state index is 9.04. The van der Waals surface area contributed by atoms with Crippen LogP contribution in [0.2, 0.25) is 0 Å². The van der Waals surface area contributed by atoms with Crippen molar-refractivity contribution in [2.24, 2.45) is 0 Å². The molecular weight excluding hydrogens is 230 g/mol. The molecule has 1 aromatic rings. The Kier molecular flexibility index (Phi) is 7.32. The maximum Gasteiger partial charge on any atom is 0.126 e. The number of nitrogens with one attached hydrogen (secondary N) is 1. The molecule has 5 heteroatoms. The Bertz CT molecular complexity index is 334. The number of hydrogen-bond donors (Lipinski definition) is 2. The van der Waals surface area contributed by atoms with Gasteiger partial charge in [-0.25, -0.2) is 4.98 Å². The molecule has 1 heterocycles. The molecule has 0 radical (unpaired) electrons. The number of ether oxygens (including phenoxy) is 1. The van der Waals surface area contributed by atoms with E-state index in [9.17, 15) is 0 Å².